The van der Waals surface area contributed by atoms with E-state index in [-0.39, 0.29) is 41.8 Å². The second kappa shape index (κ2) is 7.72. The number of imide groups is 1. The van der Waals surface area contributed by atoms with Crippen molar-refractivity contribution < 1.29 is 32.0 Å². The number of fused-ring (bicyclic) bond motifs is 2. The molecule has 5 rings (SSSR count). The molecule has 4 amide bonds. The molecule has 2 N–H and O–H groups in total. The van der Waals surface area contributed by atoms with E-state index in [4.69, 9.17) is 10.2 Å². The Balaban J connectivity index is 1.59. The number of hydrogen-bond donors (Lipinski definition) is 1. The molecule has 2 aromatic carbocycles. The molecular formula is C23H19F3N4O5. The Hall–Kier alpha value is -4.09. The number of rotatable bonds is 3. The van der Waals surface area contributed by atoms with Gasteiger partial charge in [-0.2, -0.15) is 13.2 Å². The Labute approximate surface area is 195 Å². The molecule has 1 aliphatic carbocycles. The van der Waals surface area contributed by atoms with Crippen LogP contribution in [0.25, 0.3) is 11.1 Å². The highest BCUT2D eigenvalue weighted by Crippen LogP contribution is 2.44. The fourth-order valence-electron chi connectivity index (χ4n) is 4.90. The first-order valence-electron chi connectivity index (χ1n) is 10.7. The highest BCUT2D eigenvalue weighted by Gasteiger charge is 2.48. The molecule has 9 nitrogen and oxygen atoms in total. The van der Waals surface area contributed by atoms with Gasteiger partial charge in [0.05, 0.1) is 17.1 Å². The third kappa shape index (κ3) is 3.47. The third-order valence-electron chi connectivity index (χ3n) is 6.62. The fourth-order valence-corrected chi connectivity index (χ4v) is 4.90. The van der Waals surface area contributed by atoms with Gasteiger partial charge in [-0.25, -0.2) is 9.59 Å². The Morgan fingerprint density at radius 2 is 1.89 bits per heavy atom. The molecule has 1 aromatic heterocycles. The number of oxazole rings is 1. The van der Waals surface area contributed by atoms with E-state index in [9.17, 15) is 32.3 Å². The molecule has 0 bridgehead atoms. The number of carbonyl (C=O) groups excluding carboxylic acids is 3. The summed E-state index contributed by atoms with van der Waals surface area (Å²) in [4.78, 5) is 52.7. The van der Waals surface area contributed by atoms with Crippen LogP contribution in [0.2, 0.25) is 0 Å². The minimum Gasteiger partial charge on any atom is -0.408 e. The molecule has 0 radical (unpaired) electrons. The van der Waals surface area contributed by atoms with E-state index in [1.165, 1.54) is 35.9 Å². The van der Waals surface area contributed by atoms with Crippen molar-refractivity contribution >= 4 is 34.6 Å². The zero-order chi connectivity index (χ0) is 25.2. The summed E-state index contributed by atoms with van der Waals surface area (Å²) in [6.45, 7) is -0.353. The maximum atomic E-state index is 13.6. The normalized spacial score (nSPS) is 20.6. The van der Waals surface area contributed by atoms with Crippen LogP contribution < -0.4 is 16.4 Å². The average molecular weight is 488 g/mol. The standard InChI is InChI=1S/C23H19F3N4O5/c1-28-17-7-5-11(9-18(17)35-22(28)34)29-10-14(19(27)31)20(32)30(21(29)33)16-8-6-12-13(16)3-2-4-15(12)23(24,25)26/h2-5,7,9,14,16H,6,8,10H2,1H3,(H2,27,31). The molecule has 2 heterocycles. The summed E-state index contributed by atoms with van der Waals surface area (Å²) < 4.78 is 47.0. The molecule has 2 unspecified atom stereocenters. The molecule has 3 aromatic rings. The van der Waals surface area contributed by atoms with Crippen molar-refractivity contribution in [2.24, 2.45) is 18.7 Å². The highest BCUT2D eigenvalue weighted by molar-refractivity contribution is 6.13. The molecule has 1 aliphatic heterocycles. The van der Waals surface area contributed by atoms with Crippen LogP contribution in [0.3, 0.4) is 0 Å². The van der Waals surface area contributed by atoms with Crippen molar-refractivity contribution in [3.63, 3.8) is 0 Å². The van der Waals surface area contributed by atoms with Crippen LogP contribution in [0.4, 0.5) is 23.7 Å². The number of amides is 4. The van der Waals surface area contributed by atoms with Crippen LogP contribution in [0.15, 0.2) is 45.6 Å². The highest BCUT2D eigenvalue weighted by atomic mass is 19.4. The van der Waals surface area contributed by atoms with Gasteiger partial charge in [0.1, 0.15) is 5.92 Å². The SMILES string of the molecule is Cn1c(=O)oc2cc(N3CC(C(N)=O)C(=O)N(C4CCc5c4cccc5C(F)(F)F)C3=O)ccc21. The Kier molecular flexibility index (Phi) is 5.00. The van der Waals surface area contributed by atoms with Crippen molar-refractivity contribution in [3.8, 4) is 0 Å². The van der Waals surface area contributed by atoms with Crippen molar-refractivity contribution in [2.75, 3.05) is 11.4 Å². The van der Waals surface area contributed by atoms with Crippen LogP contribution in [0.1, 0.15) is 29.2 Å². The van der Waals surface area contributed by atoms with Crippen molar-refractivity contribution in [2.45, 2.75) is 25.1 Å². The van der Waals surface area contributed by atoms with Gasteiger partial charge in [-0.1, -0.05) is 12.1 Å². The lowest BCUT2D eigenvalue weighted by molar-refractivity contribution is -0.141. The Morgan fingerprint density at radius 3 is 2.57 bits per heavy atom. The van der Waals surface area contributed by atoms with E-state index in [1.54, 1.807) is 6.07 Å². The number of hydrogen-bond acceptors (Lipinski definition) is 5. The fraction of sp³-hybridized carbons (Fsp3) is 0.304. The quantitative estimate of drug-likeness (QED) is 0.569. The summed E-state index contributed by atoms with van der Waals surface area (Å²) >= 11 is 0. The van der Waals surface area contributed by atoms with E-state index in [1.807, 2.05) is 0 Å². The molecule has 35 heavy (non-hydrogen) atoms. The molecular weight excluding hydrogens is 469 g/mol. The molecule has 182 valence electrons. The zero-order valence-electron chi connectivity index (χ0n) is 18.3. The van der Waals surface area contributed by atoms with Crippen LogP contribution in [-0.4, -0.2) is 33.9 Å². The van der Waals surface area contributed by atoms with Gasteiger partial charge in [-0.3, -0.25) is 24.0 Å². The lowest BCUT2D eigenvalue weighted by Gasteiger charge is -2.40. The molecule has 12 heteroatoms. The van der Waals surface area contributed by atoms with Gasteiger partial charge in [0, 0.05) is 25.3 Å². The van der Waals surface area contributed by atoms with Crippen LogP contribution >= 0.6 is 0 Å². The van der Waals surface area contributed by atoms with Crippen molar-refractivity contribution in [1.82, 2.24) is 9.47 Å². The summed E-state index contributed by atoms with van der Waals surface area (Å²) in [5, 5.41) is 0. The summed E-state index contributed by atoms with van der Waals surface area (Å²) in [5.74, 6) is -3.84. The smallest absolute Gasteiger partial charge is 0.408 e. The second-order valence-corrected chi connectivity index (χ2v) is 8.56. The number of halogens is 3. The molecule has 1 fully saturated rings. The summed E-state index contributed by atoms with van der Waals surface area (Å²) in [5.41, 5.74) is 5.75. The first-order chi connectivity index (χ1) is 16.5. The van der Waals surface area contributed by atoms with Gasteiger partial charge < -0.3 is 10.2 Å². The molecule has 1 saturated heterocycles. The summed E-state index contributed by atoms with van der Waals surface area (Å²) in [7, 11) is 1.51. The van der Waals surface area contributed by atoms with E-state index in [2.05, 4.69) is 0 Å². The van der Waals surface area contributed by atoms with E-state index >= 15 is 0 Å². The van der Waals surface area contributed by atoms with Gasteiger partial charge in [0.2, 0.25) is 11.8 Å². The van der Waals surface area contributed by atoms with Crippen molar-refractivity contribution in [1.29, 1.82) is 0 Å². The third-order valence-corrected chi connectivity index (χ3v) is 6.62. The number of benzene rings is 2. The Morgan fingerprint density at radius 1 is 1.14 bits per heavy atom. The zero-order valence-corrected chi connectivity index (χ0v) is 18.3. The van der Waals surface area contributed by atoms with Crippen molar-refractivity contribution in [3.05, 3.63) is 63.6 Å². The number of anilines is 1. The summed E-state index contributed by atoms with van der Waals surface area (Å²) in [6.07, 6.45) is -4.51. The predicted octanol–water partition coefficient (Wildman–Crippen LogP) is 2.71. The lowest BCUT2D eigenvalue weighted by Crippen LogP contribution is -2.60. The molecule has 0 saturated carbocycles. The van der Waals surface area contributed by atoms with Gasteiger partial charge in [0.15, 0.2) is 5.58 Å². The lowest BCUT2D eigenvalue weighted by atomic mass is 9.98. The molecule has 2 atom stereocenters. The monoisotopic (exact) mass is 488 g/mol. The summed E-state index contributed by atoms with van der Waals surface area (Å²) in [6, 6.07) is 6.33. The van der Waals surface area contributed by atoms with Gasteiger partial charge in [-0.15, -0.1) is 0 Å². The van der Waals surface area contributed by atoms with E-state index < -0.39 is 47.3 Å². The number of nitrogens with zero attached hydrogens (tertiary/aromatic N) is 3. The maximum Gasteiger partial charge on any atom is 0.419 e. The molecule has 2 aliphatic rings. The Bertz CT molecular complexity index is 1460. The van der Waals surface area contributed by atoms with Gasteiger partial charge in [0.25, 0.3) is 0 Å². The first-order valence-corrected chi connectivity index (χ1v) is 10.7. The number of nitrogens with two attached hydrogens (primary N) is 1. The number of urea groups is 1. The maximum absolute atomic E-state index is 13.6. The second-order valence-electron chi connectivity index (χ2n) is 8.56. The van der Waals surface area contributed by atoms with Crippen LogP contribution in [0.5, 0.6) is 0 Å². The largest absolute Gasteiger partial charge is 0.419 e. The number of aromatic nitrogens is 1. The average Bonchev–Trinajstić information content (AvgIpc) is 3.33. The van der Waals surface area contributed by atoms with E-state index in [0.717, 1.165) is 15.9 Å². The van der Waals surface area contributed by atoms with E-state index in [0.29, 0.717) is 5.52 Å². The van der Waals surface area contributed by atoms with Crippen LogP contribution in [-0.2, 0) is 29.2 Å². The topological polar surface area (TPSA) is 119 Å². The predicted molar refractivity (Wildman–Crippen MR) is 116 cm³/mol. The minimum atomic E-state index is -4.59. The molecule has 0 spiro atoms. The number of primary amides is 1. The number of alkyl halides is 3. The minimum absolute atomic E-state index is 0.00904. The first kappa shape index (κ1) is 22.7. The number of aryl methyl sites for hydroxylation is 1. The van der Waals surface area contributed by atoms with Gasteiger partial charge >= 0.3 is 18.0 Å². The van der Waals surface area contributed by atoms with Gasteiger partial charge in [-0.05, 0) is 42.2 Å². The number of carbonyl (C=O) groups is 3. The van der Waals surface area contributed by atoms with Crippen LogP contribution in [0, 0.1) is 5.92 Å².